The third kappa shape index (κ3) is 2.41. The summed E-state index contributed by atoms with van der Waals surface area (Å²) in [5.41, 5.74) is 5.27. The molecule has 0 aliphatic rings. The first kappa shape index (κ1) is 10.3. The standard InChI is InChI=1S/C9H11N3O2S/c10-5-7(13)9-11-8(12-14-9)4-6-2-1-3-15-6/h1-3,7,13H,4-5,10H2/t7-/m0/s1. The molecule has 0 bridgehead atoms. The molecule has 0 spiro atoms. The Morgan fingerprint density at radius 2 is 2.47 bits per heavy atom. The SMILES string of the molecule is NC[C@H](O)c1nc(Cc2cccs2)no1. The summed E-state index contributed by atoms with van der Waals surface area (Å²) in [4.78, 5) is 5.21. The summed E-state index contributed by atoms with van der Waals surface area (Å²) in [7, 11) is 0. The van der Waals surface area contributed by atoms with Gasteiger partial charge in [-0.15, -0.1) is 11.3 Å². The number of hydrogen-bond donors (Lipinski definition) is 2. The third-order valence-electron chi connectivity index (χ3n) is 1.90. The third-order valence-corrected chi connectivity index (χ3v) is 2.78. The average Bonchev–Trinajstić information content (AvgIpc) is 2.88. The molecule has 0 unspecified atom stereocenters. The van der Waals surface area contributed by atoms with Crippen molar-refractivity contribution in [3.05, 3.63) is 34.1 Å². The van der Waals surface area contributed by atoms with Gasteiger partial charge >= 0.3 is 0 Å². The molecule has 0 saturated carbocycles. The van der Waals surface area contributed by atoms with E-state index in [0.29, 0.717) is 12.2 Å². The Kier molecular flexibility index (Phi) is 3.10. The first-order chi connectivity index (χ1) is 7.29. The van der Waals surface area contributed by atoms with Gasteiger partial charge in [0.05, 0.1) is 0 Å². The zero-order valence-corrected chi connectivity index (χ0v) is 8.78. The van der Waals surface area contributed by atoms with E-state index in [2.05, 4.69) is 10.1 Å². The van der Waals surface area contributed by atoms with Gasteiger partial charge in [0, 0.05) is 17.8 Å². The summed E-state index contributed by atoms with van der Waals surface area (Å²) in [6, 6.07) is 3.97. The Morgan fingerprint density at radius 1 is 1.60 bits per heavy atom. The van der Waals surface area contributed by atoms with Crippen molar-refractivity contribution in [3.63, 3.8) is 0 Å². The van der Waals surface area contributed by atoms with Crippen LogP contribution in [0.2, 0.25) is 0 Å². The van der Waals surface area contributed by atoms with Crippen LogP contribution in [0.15, 0.2) is 22.0 Å². The van der Waals surface area contributed by atoms with E-state index in [1.165, 1.54) is 0 Å². The zero-order valence-electron chi connectivity index (χ0n) is 7.96. The highest BCUT2D eigenvalue weighted by Gasteiger charge is 2.14. The molecule has 6 heteroatoms. The number of hydrogen-bond acceptors (Lipinski definition) is 6. The van der Waals surface area contributed by atoms with Gasteiger partial charge in [-0.1, -0.05) is 11.2 Å². The van der Waals surface area contributed by atoms with Gasteiger partial charge in [0.25, 0.3) is 5.89 Å². The van der Waals surface area contributed by atoms with E-state index in [1.54, 1.807) is 11.3 Å². The van der Waals surface area contributed by atoms with Gasteiger partial charge in [-0.05, 0) is 11.4 Å². The van der Waals surface area contributed by atoms with Gasteiger partial charge in [-0.3, -0.25) is 0 Å². The molecular formula is C9H11N3O2S. The molecule has 1 atom stereocenters. The summed E-state index contributed by atoms with van der Waals surface area (Å²) in [5, 5.41) is 15.1. The van der Waals surface area contributed by atoms with Crippen LogP contribution in [-0.2, 0) is 6.42 Å². The Bertz CT molecular complexity index is 413. The molecule has 0 aliphatic carbocycles. The molecule has 0 aromatic carbocycles. The van der Waals surface area contributed by atoms with Crippen molar-refractivity contribution in [2.45, 2.75) is 12.5 Å². The van der Waals surface area contributed by atoms with Crippen molar-refractivity contribution < 1.29 is 9.63 Å². The second-order valence-corrected chi connectivity index (χ2v) is 4.09. The van der Waals surface area contributed by atoms with Crippen molar-refractivity contribution in [1.82, 2.24) is 10.1 Å². The van der Waals surface area contributed by atoms with Crippen molar-refractivity contribution in [2.75, 3.05) is 6.54 Å². The number of rotatable bonds is 4. The number of nitrogens with zero attached hydrogens (tertiary/aromatic N) is 2. The van der Waals surface area contributed by atoms with Crippen LogP contribution in [0.4, 0.5) is 0 Å². The molecule has 2 aromatic rings. The summed E-state index contributed by atoms with van der Waals surface area (Å²) < 4.78 is 4.88. The van der Waals surface area contributed by atoms with Crippen LogP contribution >= 0.6 is 11.3 Å². The van der Waals surface area contributed by atoms with Crippen molar-refractivity contribution in [1.29, 1.82) is 0 Å². The van der Waals surface area contributed by atoms with Crippen LogP contribution in [0, 0.1) is 0 Å². The summed E-state index contributed by atoms with van der Waals surface area (Å²) in [6.07, 6.45) is -0.243. The molecule has 3 N–H and O–H groups in total. The molecule has 80 valence electrons. The van der Waals surface area contributed by atoms with E-state index in [4.69, 9.17) is 10.3 Å². The summed E-state index contributed by atoms with van der Waals surface area (Å²) in [5.74, 6) is 0.754. The summed E-state index contributed by atoms with van der Waals surface area (Å²) in [6.45, 7) is 0.0840. The van der Waals surface area contributed by atoms with Crippen molar-refractivity contribution >= 4 is 11.3 Å². The maximum atomic E-state index is 9.35. The number of thiophene rings is 1. The molecule has 2 aromatic heterocycles. The molecule has 15 heavy (non-hydrogen) atoms. The first-order valence-corrected chi connectivity index (χ1v) is 5.40. The molecule has 0 saturated heterocycles. The van der Waals surface area contributed by atoms with E-state index in [-0.39, 0.29) is 12.4 Å². The van der Waals surface area contributed by atoms with Crippen LogP contribution in [-0.4, -0.2) is 21.8 Å². The summed E-state index contributed by atoms with van der Waals surface area (Å²) >= 11 is 1.63. The van der Waals surface area contributed by atoms with Crippen molar-refractivity contribution in [2.24, 2.45) is 5.73 Å². The fraction of sp³-hybridized carbons (Fsp3) is 0.333. The highest BCUT2D eigenvalue weighted by Crippen LogP contribution is 2.14. The molecule has 0 fully saturated rings. The highest BCUT2D eigenvalue weighted by atomic mass is 32.1. The zero-order chi connectivity index (χ0) is 10.7. The van der Waals surface area contributed by atoms with Crippen LogP contribution < -0.4 is 5.73 Å². The lowest BCUT2D eigenvalue weighted by molar-refractivity contribution is 0.141. The second-order valence-electron chi connectivity index (χ2n) is 3.06. The number of aliphatic hydroxyl groups excluding tert-OH is 1. The van der Waals surface area contributed by atoms with Gasteiger partial charge in [0.1, 0.15) is 6.10 Å². The topological polar surface area (TPSA) is 85.2 Å². The van der Waals surface area contributed by atoms with E-state index in [9.17, 15) is 5.11 Å². The monoisotopic (exact) mass is 225 g/mol. The lowest BCUT2D eigenvalue weighted by Gasteiger charge is -1.97. The smallest absolute Gasteiger partial charge is 0.256 e. The first-order valence-electron chi connectivity index (χ1n) is 4.52. The van der Waals surface area contributed by atoms with E-state index >= 15 is 0 Å². The van der Waals surface area contributed by atoms with Crippen LogP contribution in [0.3, 0.4) is 0 Å². The Balaban J connectivity index is 2.07. The number of aliphatic hydroxyl groups is 1. The van der Waals surface area contributed by atoms with Crippen LogP contribution in [0.5, 0.6) is 0 Å². The largest absolute Gasteiger partial charge is 0.382 e. The number of aromatic nitrogens is 2. The minimum absolute atomic E-state index is 0.0840. The van der Waals surface area contributed by atoms with Crippen molar-refractivity contribution in [3.8, 4) is 0 Å². The predicted octanol–water partition coefficient (Wildman–Crippen LogP) is 0.714. The molecule has 2 rings (SSSR count). The quantitative estimate of drug-likeness (QED) is 0.800. The minimum Gasteiger partial charge on any atom is -0.382 e. The lowest BCUT2D eigenvalue weighted by Crippen LogP contribution is -2.11. The van der Waals surface area contributed by atoms with Crippen LogP contribution in [0.1, 0.15) is 22.7 Å². The van der Waals surface area contributed by atoms with E-state index in [1.807, 2.05) is 17.5 Å². The normalized spacial score (nSPS) is 12.9. The average molecular weight is 225 g/mol. The predicted molar refractivity (Wildman–Crippen MR) is 55.4 cm³/mol. The maximum Gasteiger partial charge on any atom is 0.256 e. The second kappa shape index (κ2) is 4.52. The fourth-order valence-corrected chi connectivity index (χ4v) is 1.85. The molecule has 5 nitrogen and oxygen atoms in total. The van der Waals surface area contributed by atoms with Gasteiger partial charge in [0.2, 0.25) is 0 Å². The number of nitrogens with two attached hydrogens (primary N) is 1. The Hall–Kier alpha value is -1.24. The lowest BCUT2D eigenvalue weighted by atomic mass is 10.3. The van der Waals surface area contributed by atoms with Crippen LogP contribution in [0.25, 0.3) is 0 Å². The molecule has 0 aliphatic heterocycles. The minimum atomic E-state index is -0.866. The molecule has 0 amide bonds. The molecular weight excluding hydrogens is 214 g/mol. The fourth-order valence-electron chi connectivity index (χ4n) is 1.14. The van der Waals surface area contributed by atoms with Gasteiger partial charge in [0.15, 0.2) is 5.82 Å². The Morgan fingerprint density at radius 3 is 3.13 bits per heavy atom. The van der Waals surface area contributed by atoms with E-state index < -0.39 is 6.10 Å². The molecule has 2 heterocycles. The van der Waals surface area contributed by atoms with Gasteiger partial charge in [-0.2, -0.15) is 4.98 Å². The maximum absolute atomic E-state index is 9.35. The van der Waals surface area contributed by atoms with E-state index in [0.717, 1.165) is 4.88 Å². The highest BCUT2D eigenvalue weighted by molar-refractivity contribution is 7.09. The molecule has 0 radical (unpaired) electrons. The van der Waals surface area contributed by atoms with Gasteiger partial charge < -0.3 is 15.4 Å². The Labute approximate surface area is 90.5 Å². The van der Waals surface area contributed by atoms with Gasteiger partial charge in [-0.25, -0.2) is 0 Å².